The molecule has 1 unspecified atom stereocenters. The van der Waals surface area contributed by atoms with Crippen LogP contribution in [0.4, 0.5) is 0 Å². The molecule has 0 spiro atoms. The highest BCUT2D eigenvalue weighted by atomic mass is 79.9. The number of nitrogens with zero attached hydrogens (tertiary/aromatic N) is 3. The lowest BCUT2D eigenvalue weighted by Crippen LogP contribution is -2.22. The number of halogens is 2. The van der Waals surface area contributed by atoms with E-state index in [2.05, 4.69) is 25.9 Å². The maximum absolute atomic E-state index is 6.27. The largest absolute Gasteiger partial charge is 0.297 e. The van der Waals surface area contributed by atoms with Gasteiger partial charge in [-0.05, 0) is 32.2 Å². The third-order valence-electron chi connectivity index (χ3n) is 3.52. The predicted molar refractivity (Wildman–Crippen MR) is 74.8 cm³/mol. The summed E-state index contributed by atoms with van der Waals surface area (Å²) in [6.45, 7) is 5.25. The van der Waals surface area contributed by atoms with Crippen molar-refractivity contribution in [1.29, 1.82) is 0 Å². The Morgan fingerprint density at radius 3 is 2.88 bits per heavy atom. The van der Waals surface area contributed by atoms with Crippen molar-refractivity contribution in [3.63, 3.8) is 0 Å². The van der Waals surface area contributed by atoms with E-state index < -0.39 is 0 Å². The molecule has 1 atom stereocenters. The number of likely N-dealkylation sites (tertiary alicyclic amines) is 1. The van der Waals surface area contributed by atoms with Crippen molar-refractivity contribution in [2.24, 2.45) is 13.0 Å². The zero-order chi connectivity index (χ0) is 12.4. The van der Waals surface area contributed by atoms with Gasteiger partial charge in [-0.25, -0.2) is 0 Å². The average Bonchev–Trinajstić information content (AvgIpc) is 2.81. The first-order valence-electron chi connectivity index (χ1n) is 6.08. The molecule has 5 heteroatoms. The van der Waals surface area contributed by atoms with Crippen molar-refractivity contribution < 1.29 is 0 Å². The molecule has 0 saturated carbocycles. The maximum atomic E-state index is 6.27. The lowest BCUT2D eigenvalue weighted by molar-refractivity contribution is 0.306. The molecule has 96 valence electrons. The number of alkyl halides is 1. The van der Waals surface area contributed by atoms with Gasteiger partial charge < -0.3 is 0 Å². The van der Waals surface area contributed by atoms with Crippen LogP contribution in [-0.2, 0) is 13.6 Å². The molecule has 0 amide bonds. The smallest absolute Gasteiger partial charge is 0.0860 e. The quantitative estimate of drug-likeness (QED) is 0.795. The summed E-state index contributed by atoms with van der Waals surface area (Å²) in [5.74, 6) is 0.836. The van der Waals surface area contributed by atoms with Crippen LogP contribution in [-0.4, -0.2) is 33.1 Å². The molecular formula is C12H19BrClN3. The summed E-state index contributed by atoms with van der Waals surface area (Å²) in [7, 11) is 1.97. The van der Waals surface area contributed by atoms with Crippen LogP contribution in [0.1, 0.15) is 24.2 Å². The van der Waals surface area contributed by atoms with Crippen LogP contribution < -0.4 is 0 Å². The summed E-state index contributed by atoms with van der Waals surface area (Å²) in [5, 5.41) is 6.30. The van der Waals surface area contributed by atoms with Crippen LogP contribution >= 0.6 is 27.5 Å². The van der Waals surface area contributed by atoms with Gasteiger partial charge in [0, 0.05) is 25.5 Å². The molecule has 0 radical (unpaired) electrons. The number of rotatable bonds is 4. The topological polar surface area (TPSA) is 21.1 Å². The van der Waals surface area contributed by atoms with E-state index in [0.717, 1.165) is 34.2 Å². The van der Waals surface area contributed by atoms with E-state index in [4.69, 9.17) is 11.6 Å². The van der Waals surface area contributed by atoms with Crippen LogP contribution in [0.3, 0.4) is 0 Å². The van der Waals surface area contributed by atoms with Gasteiger partial charge in [-0.3, -0.25) is 9.58 Å². The van der Waals surface area contributed by atoms with E-state index in [1.54, 1.807) is 0 Å². The first kappa shape index (κ1) is 13.4. The van der Waals surface area contributed by atoms with Crippen molar-refractivity contribution in [2.75, 3.05) is 18.4 Å². The lowest BCUT2D eigenvalue weighted by Gasteiger charge is -2.16. The number of hydrogen-bond acceptors (Lipinski definition) is 2. The zero-order valence-corrected chi connectivity index (χ0v) is 12.8. The summed E-state index contributed by atoms with van der Waals surface area (Å²) in [6, 6.07) is 0. The van der Waals surface area contributed by atoms with Crippen LogP contribution in [0.15, 0.2) is 0 Å². The summed E-state index contributed by atoms with van der Waals surface area (Å²) < 4.78 is 1.91. The molecule has 3 nitrogen and oxygen atoms in total. The van der Waals surface area contributed by atoms with Crippen LogP contribution in [0.5, 0.6) is 0 Å². The van der Waals surface area contributed by atoms with Gasteiger partial charge in [-0.15, -0.1) is 0 Å². The van der Waals surface area contributed by atoms with Gasteiger partial charge in [0.2, 0.25) is 0 Å². The van der Waals surface area contributed by atoms with Gasteiger partial charge in [0.25, 0.3) is 0 Å². The van der Waals surface area contributed by atoms with E-state index in [-0.39, 0.29) is 0 Å². The summed E-state index contributed by atoms with van der Waals surface area (Å²) >= 11 is 9.79. The maximum Gasteiger partial charge on any atom is 0.0860 e. The number of hydrogen-bond donors (Lipinski definition) is 0. The van der Waals surface area contributed by atoms with Crippen LogP contribution in [0.25, 0.3) is 0 Å². The Balaban J connectivity index is 1.98. The standard InChI is InChI=1S/C12H19BrClN3/c1-9-12(14)11(16(2)15-9)8-17-6-4-10(7-17)3-5-13/h10H,3-8H2,1-2H3. The highest BCUT2D eigenvalue weighted by molar-refractivity contribution is 9.09. The van der Waals surface area contributed by atoms with Gasteiger partial charge in [0.05, 0.1) is 16.4 Å². The SMILES string of the molecule is Cc1nn(C)c(CN2CCC(CCBr)C2)c1Cl. The fourth-order valence-electron chi connectivity index (χ4n) is 2.51. The second-order valence-electron chi connectivity index (χ2n) is 4.84. The number of aryl methyl sites for hydroxylation is 2. The summed E-state index contributed by atoms with van der Waals surface area (Å²) in [5.41, 5.74) is 2.07. The molecule has 0 N–H and O–H groups in total. The minimum Gasteiger partial charge on any atom is -0.297 e. The Bertz CT molecular complexity index is 391. The minimum absolute atomic E-state index is 0.830. The molecule has 2 heterocycles. The zero-order valence-electron chi connectivity index (χ0n) is 10.4. The predicted octanol–water partition coefficient (Wildman–Crippen LogP) is 2.99. The molecule has 1 aromatic rings. The molecule has 2 rings (SSSR count). The molecule has 1 saturated heterocycles. The average molecular weight is 321 g/mol. The Labute approximate surface area is 116 Å². The minimum atomic E-state index is 0.830. The van der Waals surface area contributed by atoms with Crippen molar-refractivity contribution in [1.82, 2.24) is 14.7 Å². The Hall–Kier alpha value is -0.0600. The molecule has 1 fully saturated rings. The Morgan fingerprint density at radius 2 is 2.29 bits per heavy atom. The van der Waals surface area contributed by atoms with Crippen molar-refractivity contribution in [3.8, 4) is 0 Å². The monoisotopic (exact) mass is 319 g/mol. The third kappa shape index (κ3) is 3.04. The summed E-state index contributed by atoms with van der Waals surface area (Å²) in [6.07, 6.45) is 2.58. The van der Waals surface area contributed by atoms with E-state index in [1.807, 2.05) is 18.7 Å². The van der Waals surface area contributed by atoms with Gasteiger partial charge in [0.15, 0.2) is 0 Å². The van der Waals surface area contributed by atoms with Gasteiger partial charge in [-0.2, -0.15) is 5.10 Å². The molecule has 1 aromatic heterocycles. The van der Waals surface area contributed by atoms with E-state index in [0.29, 0.717) is 0 Å². The van der Waals surface area contributed by atoms with Gasteiger partial charge in [-0.1, -0.05) is 27.5 Å². The molecular weight excluding hydrogens is 302 g/mol. The number of aromatic nitrogens is 2. The fraction of sp³-hybridized carbons (Fsp3) is 0.750. The van der Waals surface area contributed by atoms with E-state index >= 15 is 0 Å². The highest BCUT2D eigenvalue weighted by Gasteiger charge is 2.23. The van der Waals surface area contributed by atoms with E-state index in [1.165, 1.54) is 25.9 Å². The second-order valence-corrected chi connectivity index (χ2v) is 6.01. The van der Waals surface area contributed by atoms with Gasteiger partial charge in [0.1, 0.15) is 0 Å². The highest BCUT2D eigenvalue weighted by Crippen LogP contribution is 2.25. The van der Waals surface area contributed by atoms with Crippen molar-refractivity contribution >= 4 is 27.5 Å². The fourth-order valence-corrected chi connectivity index (χ4v) is 3.38. The van der Waals surface area contributed by atoms with E-state index in [9.17, 15) is 0 Å². The molecule has 17 heavy (non-hydrogen) atoms. The lowest BCUT2D eigenvalue weighted by atomic mass is 10.1. The molecule has 1 aliphatic rings. The molecule has 0 bridgehead atoms. The van der Waals surface area contributed by atoms with Crippen LogP contribution in [0, 0.1) is 12.8 Å². The normalized spacial score (nSPS) is 21.3. The molecule has 0 aliphatic carbocycles. The Morgan fingerprint density at radius 1 is 1.53 bits per heavy atom. The second kappa shape index (κ2) is 5.72. The first-order valence-corrected chi connectivity index (χ1v) is 7.58. The first-order chi connectivity index (χ1) is 8.11. The van der Waals surface area contributed by atoms with Crippen molar-refractivity contribution in [3.05, 3.63) is 16.4 Å². The van der Waals surface area contributed by atoms with Crippen molar-refractivity contribution in [2.45, 2.75) is 26.3 Å². The molecule has 0 aromatic carbocycles. The van der Waals surface area contributed by atoms with Crippen LogP contribution in [0.2, 0.25) is 5.02 Å². The molecule has 1 aliphatic heterocycles. The van der Waals surface area contributed by atoms with Gasteiger partial charge >= 0.3 is 0 Å². The third-order valence-corrected chi connectivity index (χ3v) is 4.47. The Kier molecular flexibility index (Phi) is 4.50. The summed E-state index contributed by atoms with van der Waals surface area (Å²) in [4.78, 5) is 2.48.